The molecule has 0 aliphatic carbocycles. The average molecular weight is 415 g/mol. The van der Waals surface area contributed by atoms with E-state index in [1.54, 1.807) is 67.9 Å². The normalized spacial score (nSPS) is 13.5. The van der Waals surface area contributed by atoms with Crippen molar-refractivity contribution in [2.45, 2.75) is 6.54 Å². The molecule has 1 N–H and O–H groups in total. The van der Waals surface area contributed by atoms with Gasteiger partial charge in [0.05, 0.1) is 32.0 Å². The zero-order valence-electron chi connectivity index (χ0n) is 17.2. The largest absolute Gasteiger partial charge is 0.497 e. The number of aromatic nitrogens is 1. The van der Waals surface area contributed by atoms with Gasteiger partial charge in [-0.15, -0.1) is 0 Å². The summed E-state index contributed by atoms with van der Waals surface area (Å²) in [7, 11) is 3.10. The maximum Gasteiger partial charge on any atom is 0.278 e. The summed E-state index contributed by atoms with van der Waals surface area (Å²) in [6, 6.07) is 19.7. The molecule has 1 aliphatic rings. The maximum atomic E-state index is 13.4. The maximum absolute atomic E-state index is 13.4. The van der Waals surface area contributed by atoms with Crippen molar-refractivity contribution >= 4 is 23.1 Å². The first kappa shape index (κ1) is 20.2. The highest BCUT2D eigenvalue weighted by molar-refractivity contribution is 6.36. The fourth-order valence-corrected chi connectivity index (χ4v) is 3.44. The van der Waals surface area contributed by atoms with Gasteiger partial charge < -0.3 is 14.8 Å². The number of pyridine rings is 1. The predicted molar refractivity (Wildman–Crippen MR) is 116 cm³/mol. The number of rotatable bonds is 7. The monoisotopic (exact) mass is 415 g/mol. The summed E-state index contributed by atoms with van der Waals surface area (Å²) in [4.78, 5) is 32.2. The third kappa shape index (κ3) is 3.98. The molecule has 2 aromatic carbocycles. The Morgan fingerprint density at radius 2 is 1.71 bits per heavy atom. The van der Waals surface area contributed by atoms with E-state index in [4.69, 9.17) is 9.47 Å². The van der Waals surface area contributed by atoms with Gasteiger partial charge in [-0.05, 0) is 30.3 Å². The second kappa shape index (κ2) is 8.71. The lowest BCUT2D eigenvalue weighted by atomic mass is 10.0. The Morgan fingerprint density at radius 1 is 0.903 bits per heavy atom. The van der Waals surface area contributed by atoms with Gasteiger partial charge in [0.2, 0.25) is 0 Å². The molecular weight excluding hydrogens is 394 g/mol. The van der Waals surface area contributed by atoms with Gasteiger partial charge in [-0.1, -0.05) is 30.3 Å². The quantitative estimate of drug-likeness (QED) is 0.595. The van der Waals surface area contributed by atoms with Crippen molar-refractivity contribution < 1.29 is 19.1 Å². The van der Waals surface area contributed by atoms with Crippen LogP contribution in [0, 0.1) is 0 Å². The van der Waals surface area contributed by atoms with Gasteiger partial charge in [-0.3, -0.25) is 19.5 Å². The van der Waals surface area contributed by atoms with Crippen molar-refractivity contribution in [3.05, 3.63) is 89.9 Å². The molecule has 4 rings (SSSR count). The molecule has 7 heteroatoms. The number of hydrogen-bond donors (Lipinski definition) is 1. The summed E-state index contributed by atoms with van der Waals surface area (Å²) in [5.41, 5.74) is 2.21. The summed E-state index contributed by atoms with van der Waals surface area (Å²) in [5.74, 6) is 0.291. The van der Waals surface area contributed by atoms with E-state index in [9.17, 15) is 9.59 Å². The number of amides is 2. The van der Waals surface area contributed by atoms with E-state index in [0.717, 1.165) is 0 Å². The smallest absolute Gasteiger partial charge is 0.278 e. The Bertz CT molecular complexity index is 1160. The zero-order valence-corrected chi connectivity index (χ0v) is 17.2. The highest BCUT2D eigenvalue weighted by atomic mass is 16.5. The topological polar surface area (TPSA) is 80.8 Å². The summed E-state index contributed by atoms with van der Waals surface area (Å²) in [6.07, 6.45) is 1.63. The van der Waals surface area contributed by atoms with E-state index < -0.39 is 11.8 Å². The molecule has 0 saturated carbocycles. The van der Waals surface area contributed by atoms with Crippen LogP contribution in [0.5, 0.6) is 11.5 Å². The molecule has 1 aliphatic heterocycles. The Kier molecular flexibility index (Phi) is 5.66. The highest BCUT2D eigenvalue weighted by Crippen LogP contribution is 2.36. The van der Waals surface area contributed by atoms with E-state index in [1.165, 1.54) is 12.0 Å². The first-order valence-corrected chi connectivity index (χ1v) is 9.67. The molecule has 0 radical (unpaired) electrons. The number of carbonyl (C=O) groups is 2. The molecule has 0 saturated heterocycles. The summed E-state index contributed by atoms with van der Waals surface area (Å²) in [5, 5.41) is 3.12. The zero-order chi connectivity index (χ0) is 21.8. The van der Waals surface area contributed by atoms with Gasteiger partial charge >= 0.3 is 0 Å². The molecule has 2 heterocycles. The molecule has 3 aromatic rings. The van der Waals surface area contributed by atoms with Crippen LogP contribution in [0.4, 0.5) is 5.69 Å². The van der Waals surface area contributed by atoms with E-state index in [1.807, 2.05) is 12.1 Å². The van der Waals surface area contributed by atoms with Gasteiger partial charge in [-0.2, -0.15) is 0 Å². The number of carbonyl (C=O) groups excluding carboxylic acids is 2. The standard InChI is InChI=1S/C24H21N3O4/c1-30-18-10-7-9-16(14-18)26-22-21(19-11-3-4-12-20(19)31-2)23(28)27(24(22)29)15-17-8-5-6-13-25-17/h3-14,26H,15H2,1-2H3. The number of nitrogens with one attached hydrogen (secondary N) is 1. The minimum atomic E-state index is -0.431. The van der Waals surface area contributed by atoms with Crippen LogP contribution in [0.1, 0.15) is 11.3 Å². The number of nitrogens with zero attached hydrogens (tertiary/aromatic N) is 2. The molecule has 0 spiro atoms. The van der Waals surface area contributed by atoms with E-state index in [2.05, 4.69) is 10.3 Å². The van der Waals surface area contributed by atoms with Crippen LogP contribution in [0.2, 0.25) is 0 Å². The summed E-state index contributed by atoms with van der Waals surface area (Å²) >= 11 is 0. The highest BCUT2D eigenvalue weighted by Gasteiger charge is 2.40. The number of para-hydroxylation sites is 1. The van der Waals surface area contributed by atoms with Gasteiger partial charge in [0.1, 0.15) is 17.2 Å². The van der Waals surface area contributed by atoms with Crippen molar-refractivity contribution in [2.75, 3.05) is 19.5 Å². The molecule has 0 atom stereocenters. The SMILES string of the molecule is COc1cccc(NC2=C(c3ccccc3OC)C(=O)N(Cc3ccccn3)C2=O)c1. The lowest BCUT2D eigenvalue weighted by Crippen LogP contribution is -2.32. The third-order valence-corrected chi connectivity index (χ3v) is 4.93. The van der Waals surface area contributed by atoms with E-state index in [-0.39, 0.29) is 17.8 Å². The molecular formula is C24H21N3O4. The molecule has 2 amide bonds. The minimum absolute atomic E-state index is 0.0699. The predicted octanol–water partition coefficient (Wildman–Crippen LogP) is 3.49. The molecule has 156 valence electrons. The minimum Gasteiger partial charge on any atom is -0.497 e. The van der Waals surface area contributed by atoms with Crippen LogP contribution >= 0.6 is 0 Å². The Labute approximate surface area is 179 Å². The first-order valence-electron chi connectivity index (χ1n) is 9.67. The third-order valence-electron chi connectivity index (χ3n) is 4.93. The number of anilines is 1. The Balaban J connectivity index is 1.78. The number of methoxy groups -OCH3 is 2. The second-order valence-electron chi connectivity index (χ2n) is 6.82. The van der Waals surface area contributed by atoms with Crippen LogP contribution < -0.4 is 14.8 Å². The van der Waals surface area contributed by atoms with E-state index >= 15 is 0 Å². The molecule has 1 aromatic heterocycles. The Hall–Kier alpha value is -4.13. The fraction of sp³-hybridized carbons (Fsp3) is 0.125. The number of hydrogen-bond acceptors (Lipinski definition) is 6. The fourth-order valence-electron chi connectivity index (χ4n) is 3.44. The molecule has 0 unspecified atom stereocenters. The van der Waals surface area contributed by atoms with Crippen molar-refractivity contribution in [2.24, 2.45) is 0 Å². The van der Waals surface area contributed by atoms with E-state index in [0.29, 0.717) is 28.4 Å². The van der Waals surface area contributed by atoms with Gasteiger partial charge in [-0.25, -0.2) is 0 Å². The van der Waals surface area contributed by atoms with Crippen LogP contribution in [0.15, 0.2) is 78.6 Å². The van der Waals surface area contributed by atoms with Crippen LogP contribution in [-0.4, -0.2) is 35.9 Å². The molecule has 0 fully saturated rings. The van der Waals surface area contributed by atoms with Gasteiger partial charge in [0.15, 0.2) is 0 Å². The Morgan fingerprint density at radius 3 is 2.45 bits per heavy atom. The van der Waals surface area contributed by atoms with Crippen molar-refractivity contribution in [1.82, 2.24) is 9.88 Å². The number of imide groups is 1. The second-order valence-corrected chi connectivity index (χ2v) is 6.82. The summed E-state index contributed by atoms with van der Waals surface area (Å²) < 4.78 is 10.7. The average Bonchev–Trinajstić information content (AvgIpc) is 3.04. The number of benzene rings is 2. The van der Waals surface area contributed by atoms with Crippen LogP contribution in [0.25, 0.3) is 5.57 Å². The molecule has 7 nitrogen and oxygen atoms in total. The molecule has 0 bridgehead atoms. The lowest BCUT2D eigenvalue weighted by Gasteiger charge is -2.15. The van der Waals surface area contributed by atoms with Crippen molar-refractivity contribution in [1.29, 1.82) is 0 Å². The van der Waals surface area contributed by atoms with Crippen LogP contribution in [-0.2, 0) is 16.1 Å². The lowest BCUT2D eigenvalue weighted by molar-refractivity contribution is -0.137. The van der Waals surface area contributed by atoms with Gasteiger partial charge in [0.25, 0.3) is 11.8 Å². The number of ether oxygens (including phenoxy) is 2. The summed E-state index contributed by atoms with van der Waals surface area (Å²) in [6.45, 7) is 0.0699. The van der Waals surface area contributed by atoms with Gasteiger partial charge in [0, 0.05) is 23.5 Å². The molecule has 31 heavy (non-hydrogen) atoms. The van der Waals surface area contributed by atoms with Crippen molar-refractivity contribution in [3.63, 3.8) is 0 Å². The van der Waals surface area contributed by atoms with Crippen molar-refractivity contribution in [3.8, 4) is 11.5 Å². The first-order chi connectivity index (χ1) is 15.1. The van der Waals surface area contributed by atoms with Crippen LogP contribution in [0.3, 0.4) is 0 Å².